The van der Waals surface area contributed by atoms with Crippen LogP contribution in [0.5, 0.6) is 5.75 Å². The summed E-state index contributed by atoms with van der Waals surface area (Å²) in [6.07, 6.45) is 12.8. The van der Waals surface area contributed by atoms with Crippen LogP contribution < -0.4 is 0 Å². The summed E-state index contributed by atoms with van der Waals surface area (Å²) in [6.45, 7) is 4.65. The molecule has 1 N–H and O–H groups in total. The van der Waals surface area contributed by atoms with E-state index in [9.17, 15) is 9.50 Å². The maximum Gasteiger partial charge on any atom is 0.137 e. The van der Waals surface area contributed by atoms with Crippen LogP contribution >= 0.6 is 0 Å². The molecule has 2 fully saturated rings. The van der Waals surface area contributed by atoms with Gasteiger partial charge >= 0.3 is 0 Å². The molecule has 5 heteroatoms. The number of alkyl halides is 1. The average molecular weight is 474 g/mol. The highest BCUT2D eigenvalue weighted by Crippen LogP contribution is 2.45. The molecule has 0 spiro atoms. The highest BCUT2D eigenvalue weighted by Gasteiger charge is 2.30. The predicted octanol–water partition coefficient (Wildman–Crippen LogP) is 6.41. The number of likely N-dealkylation sites (tertiary alicyclic amines) is 1. The third kappa shape index (κ3) is 4.40. The number of rotatable bonds is 5. The summed E-state index contributed by atoms with van der Waals surface area (Å²) in [7, 11) is 0. The fourth-order valence-electron chi connectivity index (χ4n) is 6.74. The number of phenols is 1. The molecule has 0 bridgehead atoms. The minimum absolute atomic E-state index is 0.195. The first kappa shape index (κ1) is 22.8. The smallest absolute Gasteiger partial charge is 0.137 e. The molecule has 2 atom stereocenters. The maximum absolute atomic E-state index is 12.8. The Morgan fingerprint density at radius 3 is 2.74 bits per heavy atom. The monoisotopic (exact) mass is 473 g/mol. The molecule has 1 aliphatic heterocycles. The molecular weight excluding hydrogens is 437 g/mol. The van der Waals surface area contributed by atoms with Crippen molar-refractivity contribution in [2.24, 2.45) is 17.8 Å². The van der Waals surface area contributed by atoms with Crippen molar-refractivity contribution in [3.05, 3.63) is 70.7 Å². The van der Waals surface area contributed by atoms with Crippen molar-refractivity contribution in [3.8, 4) is 5.75 Å². The molecule has 3 aliphatic rings. The standard InChI is InChI=1S/C30H36FN3O/c1-20-5-2-3-7-26(20)28-8-4-6-22-13-25(35)9-10-27(22)30(28)23-11-12-34-19-24(32-29(34)14-23)18-33-16-21(15-31)17-33/h9-14,19-21,26,35H,2-8,15-18H2,1H3. The van der Waals surface area contributed by atoms with Gasteiger partial charge in [0.25, 0.3) is 0 Å². The van der Waals surface area contributed by atoms with Gasteiger partial charge in [0.2, 0.25) is 0 Å². The van der Waals surface area contributed by atoms with Crippen LogP contribution in [0, 0.1) is 17.8 Å². The Morgan fingerprint density at radius 1 is 1.06 bits per heavy atom. The van der Waals surface area contributed by atoms with E-state index in [1.165, 1.54) is 47.9 Å². The van der Waals surface area contributed by atoms with Crippen LogP contribution in [0.1, 0.15) is 67.8 Å². The molecule has 2 aliphatic carbocycles. The van der Waals surface area contributed by atoms with Crippen LogP contribution in [0.4, 0.5) is 4.39 Å². The topological polar surface area (TPSA) is 40.8 Å². The number of aryl methyl sites for hydroxylation is 1. The zero-order valence-electron chi connectivity index (χ0n) is 20.7. The highest BCUT2D eigenvalue weighted by molar-refractivity contribution is 5.85. The number of phenolic OH excluding ortho intramolecular Hbond substituents is 1. The van der Waals surface area contributed by atoms with Crippen LogP contribution in [0.15, 0.2) is 48.3 Å². The van der Waals surface area contributed by atoms with E-state index in [1.807, 2.05) is 12.1 Å². The predicted molar refractivity (Wildman–Crippen MR) is 138 cm³/mol. The first-order chi connectivity index (χ1) is 17.1. The molecule has 3 aromatic rings. The Kier molecular flexibility index (Phi) is 6.13. The third-order valence-corrected chi connectivity index (χ3v) is 8.57. The Labute approximate surface area is 207 Å². The van der Waals surface area contributed by atoms with Gasteiger partial charge in [0, 0.05) is 37.9 Å². The number of hydrogen-bond donors (Lipinski definition) is 1. The number of nitrogens with zero attached hydrogens (tertiary/aromatic N) is 3. The molecule has 0 amide bonds. The second kappa shape index (κ2) is 9.42. The van der Waals surface area contributed by atoms with Gasteiger partial charge in [0.05, 0.1) is 12.4 Å². The van der Waals surface area contributed by atoms with Gasteiger partial charge < -0.3 is 9.51 Å². The van der Waals surface area contributed by atoms with Crippen LogP contribution in [0.2, 0.25) is 0 Å². The summed E-state index contributed by atoms with van der Waals surface area (Å²) >= 11 is 0. The van der Waals surface area contributed by atoms with Crippen LogP contribution in [-0.2, 0) is 13.0 Å². The van der Waals surface area contributed by atoms with E-state index < -0.39 is 0 Å². The molecule has 6 rings (SSSR count). The van der Waals surface area contributed by atoms with Crippen molar-refractivity contribution in [1.29, 1.82) is 0 Å². The number of aromatic hydroxyl groups is 1. The molecule has 184 valence electrons. The van der Waals surface area contributed by atoms with Gasteiger partial charge in [0.1, 0.15) is 11.4 Å². The minimum Gasteiger partial charge on any atom is -0.508 e. The number of aromatic nitrogens is 2. The van der Waals surface area contributed by atoms with E-state index in [4.69, 9.17) is 4.98 Å². The van der Waals surface area contributed by atoms with E-state index in [-0.39, 0.29) is 12.6 Å². The first-order valence-electron chi connectivity index (χ1n) is 13.4. The quantitative estimate of drug-likeness (QED) is 0.466. The molecule has 2 aromatic heterocycles. The lowest BCUT2D eigenvalue weighted by molar-refractivity contribution is 0.0727. The lowest BCUT2D eigenvalue weighted by Crippen LogP contribution is -2.46. The summed E-state index contributed by atoms with van der Waals surface area (Å²) < 4.78 is 14.9. The van der Waals surface area contributed by atoms with Gasteiger partial charge in [-0.3, -0.25) is 9.29 Å². The molecule has 4 nitrogen and oxygen atoms in total. The maximum atomic E-state index is 12.8. The average Bonchev–Trinajstić information content (AvgIpc) is 3.14. The Hall–Kier alpha value is -2.66. The van der Waals surface area contributed by atoms with Crippen molar-refractivity contribution in [1.82, 2.24) is 14.3 Å². The number of halogens is 1. The van der Waals surface area contributed by atoms with Crippen LogP contribution in [0.25, 0.3) is 11.2 Å². The van der Waals surface area contributed by atoms with Gasteiger partial charge in [-0.1, -0.05) is 37.8 Å². The fraction of sp³-hybridized carbons (Fsp3) is 0.500. The van der Waals surface area contributed by atoms with E-state index >= 15 is 0 Å². The Balaban J connectivity index is 1.42. The SMILES string of the molecule is CC1CCCCC1C1=C(c2ccn3cc(CN4CC(CF)C4)nc3c2)c2ccc(O)cc2CCC1. The van der Waals surface area contributed by atoms with Crippen LogP contribution in [0.3, 0.4) is 0 Å². The third-order valence-electron chi connectivity index (χ3n) is 8.57. The summed E-state index contributed by atoms with van der Waals surface area (Å²) in [6, 6.07) is 10.4. The van der Waals surface area contributed by atoms with Gasteiger partial charge in [-0.25, -0.2) is 4.98 Å². The van der Waals surface area contributed by atoms with Crippen molar-refractivity contribution < 1.29 is 9.50 Å². The Bertz CT molecular complexity index is 1260. The number of benzene rings is 1. The number of hydrogen-bond acceptors (Lipinski definition) is 3. The van der Waals surface area contributed by atoms with Crippen molar-refractivity contribution >= 4 is 11.2 Å². The van der Waals surface area contributed by atoms with Crippen molar-refractivity contribution in [3.63, 3.8) is 0 Å². The number of imidazole rings is 1. The molecule has 0 radical (unpaired) electrons. The second-order valence-electron chi connectivity index (χ2n) is 11.1. The van der Waals surface area contributed by atoms with Crippen LogP contribution in [-0.4, -0.2) is 39.2 Å². The van der Waals surface area contributed by atoms with Gasteiger partial charge in [-0.2, -0.15) is 0 Å². The summed E-state index contributed by atoms with van der Waals surface area (Å²) in [5, 5.41) is 10.2. The summed E-state index contributed by atoms with van der Waals surface area (Å²) in [4.78, 5) is 7.22. The number of fused-ring (bicyclic) bond motifs is 2. The van der Waals surface area contributed by atoms with Gasteiger partial charge in [0.15, 0.2) is 0 Å². The van der Waals surface area contributed by atoms with E-state index in [1.54, 1.807) is 5.57 Å². The lowest BCUT2D eigenvalue weighted by Gasteiger charge is -2.37. The van der Waals surface area contributed by atoms with Crippen molar-refractivity contribution in [2.45, 2.75) is 58.4 Å². The molecule has 1 aromatic carbocycles. The lowest BCUT2D eigenvalue weighted by atomic mass is 9.72. The molecule has 1 saturated carbocycles. The fourth-order valence-corrected chi connectivity index (χ4v) is 6.74. The summed E-state index contributed by atoms with van der Waals surface area (Å²) in [5.41, 5.74) is 8.75. The molecular formula is C30H36FN3O. The van der Waals surface area contributed by atoms with Crippen molar-refractivity contribution in [2.75, 3.05) is 19.8 Å². The zero-order valence-corrected chi connectivity index (χ0v) is 20.7. The minimum atomic E-state index is -0.221. The normalized spacial score (nSPS) is 23.8. The summed E-state index contributed by atoms with van der Waals surface area (Å²) in [5.74, 6) is 1.88. The second-order valence-corrected chi connectivity index (χ2v) is 11.1. The largest absolute Gasteiger partial charge is 0.508 e. The van der Waals surface area contributed by atoms with E-state index in [2.05, 4.69) is 46.8 Å². The van der Waals surface area contributed by atoms with Gasteiger partial charge in [-0.05, 0) is 84.0 Å². The van der Waals surface area contributed by atoms with Gasteiger partial charge in [-0.15, -0.1) is 0 Å². The molecule has 35 heavy (non-hydrogen) atoms. The number of allylic oxidation sites excluding steroid dienone is 1. The molecule has 1 saturated heterocycles. The van der Waals surface area contributed by atoms with E-state index in [0.717, 1.165) is 50.2 Å². The van der Waals surface area contributed by atoms with E-state index in [0.29, 0.717) is 17.6 Å². The Morgan fingerprint density at radius 2 is 1.91 bits per heavy atom. The number of pyridine rings is 1. The zero-order chi connectivity index (χ0) is 23.9. The highest BCUT2D eigenvalue weighted by atomic mass is 19.1. The molecule has 2 unspecified atom stereocenters. The molecule has 3 heterocycles. The first-order valence-corrected chi connectivity index (χ1v) is 13.4.